The maximum atomic E-state index is 13.7. The van der Waals surface area contributed by atoms with Crippen molar-refractivity contribution in [1.82, 2.24) is 10.0 Å². The van der Waals surface area contributed by atoms with Crippen LogP contribution in [0.25, 0.3) is 0 Å². The molecule has 0 N–H and O–H groups in total. The number of Topliss-reactive ketones (excluding diaryl/α,β-unsaturated/α-hetero) is 1. The molecule has 1 aliphatic rings. The minimum absolute atomic E-state index is 0.127. The van der Waals surface area contributed by atoms with Gasteiger partial charge in [0.2, 0.25) is 0 Å². The van der Waals surface area contributed by atoms with Gasteiger partial charge in [-0.2, -0.15) is 5.01 Å². The molecule has 13 nitrogen and oxygen atoms in total. The second-order valence-corrected chi connectivity index (χ2v) is 8.10. The van der Waals surface area contributed by atoms with Gasteiger partial charge in [0.1, 0.15) is 17.4 Å². The minimum atomic E-state index is -1.45. The molecule has 0 saturated heterocycles. The van der Waals surface area contributed by atoms with E-state index in [0.717, 1.165) is 30.3 Å². The highest BCUT2D eigenvalue weighted by atomic mass is 16.6. The Kier molecular flexibility index (Phi) is 6.67. The van der Waals surface area contributed by atoms with Crippen molar-refractivity contribution in [1.29, 1.82) is 0 Å². The lowest BCUT2D eigenvalue weighted by Crippen LogP contribution is -2.56. The summed E-state index contributed by atoms with van der Waals surface area (Å²) in [6.07, 6.45) is 0. The number of ether oxygens (including phenoxy) is 1. The van der Waals surface area contributed by atoms with Gasteiger partial charge in [-0.15, -0.1) is 0 Å². The molecule has 0 spiro atoms. The summed E-state index contributed by atoms with van der Waals surface area (Å²) in [5, 5.41) is 23.6. The van der Waals surface area contributed by atoms with Crippen LogP contribution in [0.4, 0.5) is 11.4 Å². The Labute approximate surface area is 214 Å². The molecule has 192 valence electrons. The van der Waals surface area contributed by atoms with E-state index in [0.29, 0.717) is 15.8 Å². The van der Waals surface area contributed by atoms with Gasteiger partial charge in [-0.25, -0.2) is 5.01 Å². The topological polar surface area (TPSA) is 170 Å². The van der Waals surface area contributed by atoms with Gasteiger partial charge >= 0.3 is 0 Å². The lowest BCUT2D eigenvalue weighted by molar-refractivity contribution is -0.385. The van der Waals surface area contributed by atoms with Crippen molar-refractivity contribution in [3.63, 3.8) is 0 Å². The number of hydrogen-bond acceptors (Lipinski definition) is 9. The maximum Gasteiger partial charge on any atom is 0.287 e. The molecule has 0 saturated carbocycles. The fourth-order valence-electron chi connectivity index (χ4n) is 4.01. The van der Waals surface area contributed by atoms with E-state index in [1.807, 2.05) is 0 Å². The van der Waals surface area contributed by atoms with Crippen LogP contribution in [0.3, 0.4) is 0 Å². The second-order valence-electron chi connectivity index (χ2n) is 8.10. The van der Waals surface area contributed by atoms with Crippen molar-refractivity contribution in [2.75, 3.05) is 7.11 Å². The van der Waals surface area contributed by atoms with E-state index in [-0.39, 0.29) is 22.4 Å². The van der Waals surface area contributed by atoms with Crippen molar-refractivity contribution >= 4 is 34.9 Å². The number of nitro groups is 2. The number of nitro benzene ring substituents is 2. The van der Waals surface area contributed by atoms with Crippen LogP contribution in [0.5, 0.6) is 5.75 Å². The molecule has 0 radical (unpaired) electrons. The number of rotatable bonds is 8. The zero-order valence-electron chi connectivity index (χ0n) is 19.9. The third kappa shape index (κ3) is 4.32. The van der Waals surface area contributed by atoms with E-state index >= 15 is 0 Å². The Balaban J connectivity index is 1.81. The normalized spacial score (nSPS) is 13.1. The molecule has 0 aromatic heterocycles. The fourth-order valence-corrected chi connectivity index (χ4v) is 4.01. The molecule has 1 heterocycles. The largest absolute Gasteiger partial charge is 0.497 e. The molecular formula is C25H18N4O9. The fraction of sp³-hybridized carbons (Fsp3) is 0.120. The second kappa shape index (κ2) is 9.89. The van der Waals surface area contributed by atoms with Crippen molar-refractivity contribution in [2.45, 2.75) is 13.0 Å². The number of hydrogen-bond donors (Lipinski definition) is 0. The minimum Gasteiger partial charge on any atom is -0.497 e. The average molecular weight is 518 g/mol. The molecule has 13 heteroatoms. The van der Waals surface area contributed by atoms with Gasteiger partial charge in [0.05, 0.1) is 22.5 Å². The number of hydrazine groups is 1. The molecule has 0 unspecified atom stereocenters. The molecule has 3 aromatic rings. The first-order valence-electron chi connectivity index (χ1n) is 11.0. The van der Waals surface area contributed by atoms with E-state index < -0.39 is 50.6 Å². The van der Waals surface area contributed by atoms with E-state index in [9.17, 15) is 39.4 Å². The molecule has 3 aromatic carbocycles. The van der Waals surface area contributed by atoms with Crippen LogP contribution < -0.4 is 4.74 Å². The first-order valence-corrected chi connectivity index (χ1v) is 11.0. The smallest absolute Gasteiger partial charge is 0.287 e. The molecular weight excluding hydrogens is 500 g/mol. The first-order chi connectivity index (χ1) is 18.1. The van der Waals surface area contributed by atoms with Gasteiger partial charge in [0, 0.05) is 29.3 Å². The summed E-state index contributed by atoms with van der Waals surface area (Å²) in [4.78, 5) is 74.8. The highest BCUT2D eigenvalue weighted by Crippen LogP contribution is 2.33. The molecule has 0 bridgehead atoms. The Hall–Kier alpha value is -5.46. The van der Waals surface area contributed by atoms with Crippen LogP contribution in [-0.4, -0.2) is 56.5 Å². The quantitative estimate of drug-likeness (QED) is 0.187. The van der Waals surface area contributed by atoms with Crippen molar-refractivity contribution in [3.8, 4) is 5.75 Å². The summed E-state index contributed by atoms with van der Waals surface area (Å²) < 4.78 is 5.08. The van der Waals surface area contributed by atoms with E-state index in [1.54, 1.807) is 0 Å². The molecule has 4 rings (SSSR count). The Morgan fingerprint density at radius 3 is 2.03 bits per heavy atom. The van der Waals surface area contributed by atoms with Crippen molar-refractivity contribution < 1.29 is 33.8 Å². The van der Waals surface area contributed by atoms with Gasteiger partial charge in [-0.1, -0.05) is 6.07 Å². The van der Waals surface area contributed by atoms with Gasteiger partial charge in [0.25, 0.3) is 29.1 Å². The number of non-ortho nitro benzene ring substituents is 1. The number of fused-ring (bicyclic) bond motifs is 1. The molecule has 1 aliphatic heterocycles. The number of ketones is 1. The highest BCUT2D eigenvalue weighted by Gasteiger charge is 2.48. The predicted molar refractivity (Wildman–Crippen MR) is 130 cm³/mol. The van der Waals surface area contributed by atoms with E-state index in [4.69, 9.17) is 4.74 Å². The lowest BCUT2D eigenvalue weighted by atomic mass is 10.0. The van der Waals surface area contributed by atoms with Crippen LogP contribution in [-0.2, 0) is 0 Å². The van der Waals surface area contributed by atoms with E-state index in [1.165, 1.54) is 50.4 Å². The van der Waals surface area contributed by atoms with Crippen LogP contribution in [0.1, 0.15) is 48.4 Å². The molecule has 38 heavy (non-hydrogen) atoms. The highest BCUT2D eigenvalue weighted by molar-refractivity contribution is 6.24. The third-order valence-electron chi connectivity index (χ3n) is 5.94. The number of carbonyl (C=O) groups is 4. The molecule has 1 atom stereocenters. The number of nitrogens with zero attached hydrogens (tertiary/aromatic N) is 4. The van der Waals surface area contributed by atoms with Gasteiger partial charge in [-0.3, -0.25) is 39.4 Å². The summed E-state index contributed by atoms with van der Waals surface area (Å²) >= 11 is 0. The molecule has 0 fully saturated rings. The standard InChI is InChI=1S/C25H18N4O9/c1-14(22(30)15-8-12-18(38-2)13-9-15)26(23(31)16-6-10-17(11-7-16)28(34)35)27-24(32)19-4-3-5-20(29(36)37)21(19)25(27)33/h3-14H,1-2H3/t14-/m1/s1. The number of benzene rings is 3. The van der Waals surface area contributed by atoms with Crippen molar-refractivity contribution in [3.05, 3.63) is 109 Å². The summed E-state index contributed by atoms with van der Waals surface area (Å²) in [5.74, 6) is -3.42. The monoisotopic (exact) mass is 518 g/mol. The number of amides is 3. The van der Waals surface area contributed by atoms with Gasteiger partial charge in [-0.05, 0) is 49.4 Å². The van der Waals surface area contributed by atoms with Gasteiger partial charge < -0.3 is 4.74 Å². The Morgan fingerprint density at radius 1 is 0.868 bits per heavy atom. The van der Waals surface area contributed by atoms with Crippen LogP contribution >= 0.6 is 0 Å². The molecule has 3 amide bonds. The maximum absolute atomic E-state index is 13.7. The average Bonchev–Trinajstić information content (AvgIpc) is 3.18. The van der Waals surface area contributed by atoms with Crippen molar-refractivity contribution in [2.24, 2.45) is 0 Å². The van der Waals surface area contributed by atoms with Crippen LogP contribution in [0, 0.1) is 20.2 Å². The summed E-state index contributed by atoms with van der Waals surface area (Å²) in [6, 6.07) is 12.2. The zero-order valence-corrected chi connectivity index (χ0v) is 19.9. The SMILES string of the molecule is COc1ccc(C(=O)[C@@H](C)N(C(=O)c2ccc([N+](=O)[O-])cc2)N2C(=O)c3cccc([N+](=O)[O-])c3C2=O)cc1. The van der Waals surface area contributed by atoms with Crippen LogP contribution in [0.15, 0.2) is 66.7 Å². The zero-order chi connectivity index (χ0) is 27.7. The summed E-state index contributed by atoms with van der Waals surface area (Å²) in [5.41, 5.74) is -1.83. The Morgan fingerprint density at radius 2 is 1.47 bits per heavy atom. The summed E-state index contributed by atoms with van der Waals surface area (Å²) in [7, 11) is 1.44. The van der Waals surface area contributed by atoms with E-state index in [2.05, 4.69) is 0 Å². The van der Waals surface area contributed by atoms with Gasteiger partial charge in [0.15, 0.2) is 5.78 Å². The number of methoxy groups -OCH3 is 1. The first kappa shape index (κ1) is 25.6. The summed E-state index contributed by atoms with van der Waals surface area (Å²) in [6.45, 7) is 1.29. The Bertz CT molecular complexity index is 1500. The predicted octanol–water partition coefficient (Wildman–Crippen LogP) is 3.44. The number of imide groups is 1. The third-order valence-corrected chi connectivity index (χ3v) is 5.94. The lowest BCUT2D eigenvalue weighted by Gasteiger charge is -2.34. The molecule has 0 aliphatic carbocycles. The van der Waals surface area contributed by atoms with Crippen LogP contribution in [0.2, 0.25) is 0 Å². The number of carbonyl (C=O) groups excluding carboxylic acids is 4.